The number of pyridine rings is 1. The zero-order valence-electron chi connectivity index (χ0n) is 12.8. The van der Waals surface area contributed by atoms with Gasteiger partial charge in [-0.2, -0.15) is 0 Å². The number of esters is 1. The van der Waals surface area contributed by atoms with Crippen LogP contribution in [0.5, 0.6) is 11.5 Å². The predicted molar refractivity (Wildman–Crippen MR) is 87.4 cm³/mol. The zero-order valence-corrected chi connectivity index (χ0v) is 12.8. The van der Waals surface area contributed by atoms with Crippen LogP contribution >= 0.6 is 0 Å². The largest absolute Gasteiger partial charge is 0.497 e. The van der Waals surface area contributed by atoms with Crippen molar-refractivity contribution < 1.29 is 14.3 Å². The monoisotopic (exact) mass is 309 g/mol. The Morgan fingerprint density at radius 1 is 1.04 bits per heavy atom. The second kappa shape index (κ2) is 5.96. The summed E-state index contributed by atoms with van der Waals surface area (Å²) in [5.41, 5.74) is 1.05. The van der Waals surface area contributed by atoms with E-state index in [1.165, 1.54) is 13.0 Å². The fraction of sp³-hybridized carbons (Fsp3) is 0.111. The lowest BCUT2D eigenvalue weighted by Crippen LogP contribution is -2.19. The third-order valence-electron chi connectivity index (χ3n) is 3.45. The Kier molecular flexibility index (Phi) is 3.85. The smallest absolute Gasteiger partial charge is 0.308 e. The molecule has 0 spiro atoms. The molecule has 0 aliphatic carbocycles. The lowest BCUT2D eigenvalue weighted by atomic mass is 10.1. The summed E-state index contributed by atoms with van der Waals surface area (Å²) in [6.45, 7) is 1.31. The summed E-state index contributed by atoms with van der Waals surface area (Å²) in [5, 5.41) is 0.685. The van der Waals surface area contributed by atoms with Crippen molar-refractivity contribution in [2.24, 2.45) is 0 Å². The number of hydrogen-bond donors (Lipinski definition) is 0. The number of hydrogen-bond acceptors (Lipinski definition) is 4. The van der Waals surface area contributed by atoms with E-state index in [0.29, 0.717) is 22.3 Å². The summed E-state index contributed by atoms with van der Waals surface area (Å²) < 4.78 is 11.9. The van der Waals surface area contributed by atoms with Gasteiger partial charge in [-0.05, 0) is 24.3 Å². The molecule has 0 atom stereocenters. The number of aromatic nitrogens is 1. The molecule has 5 heteroatoms. The Hall–Kier alpha value is -3.08. The Balaban J connectivity index is 2.31. The zero-order chi connectivity index (χ0) is 16.4. The highest BCUT2D eigenvalue weighted by Gasteiger charge is 2.12. The van der Waals surface area contributed by atoms with Gasteiger partial charge >= 0.3 is 5.97 Å². The first-order valence-electron chi connectivity index (χ1n) is 7.08. The SMILES string of the molecule is COc1cccc(-n2c(=O)cc(OC(C)=O)c3ccccc32)c1. The lowest BCUT2D eigenvalue weighted by Gasteiger charge is -2.13. The van der Waals surface area contributed by atoms with Crippen molar-refractivity contribution in [1.82, 2.24) is 4.57 Å². The molecule has 0 aliphatic heterocycles. The molecular formula is C18H15NO4. The van der Waals surface area contributed by atoms with Crippen molar-refractivity contribution >= 4 is 16.9 Å². The highest BCUT2D eigenvalue weighted by molar-refractivity contribution is 5.88. The molecule has 1 heterocycles. The summed E-state index contributed by atoms with van der Waals surface area (Å²) in [5.74, 6) is 0.452. The van der Waals surface area contributed by atoms with E-state index in [-0.39, 0.29) is 11.3 Å². The van der Waals surface area contributed by atoms with E-state index >= 15 is 0 Å². The van der Waals surface area contributed by atoms with Gasteiger partial charge in [0.25, 0.3) is 5.56 Å². The summed E-state index contributed by atoms with van der Waals surface area (Å²) in [6, 6.07) is 15.8. The highest BCUT2D eigenvalue weighted by Crippen LogP contribution is 2.26. The van der Waals surface area contributed by atoms with Crippen LogP contribution in [0.15, 0.2) is 59.4 Å². The van der Waals surface area contributed by atoms with Crippen molar-refractivity contribution in [3.8, 4) is 17.2 Å². The van der Waals surface area contributed by atoms with E-state index in [9.17, 15) is 9.59 Å². The van der Waals surface area contributed by atoms with Crippen LogP contribution in [0.4, 0.5) is 0 Å². The minimum atomic E-state index is -0.464. The second-order valence-corrected chi connectivity index (χ2v) is 4.99. The Labute approximate surface area is 132 Å². The molecule has 0 N–H and O–H groups in total. The molecule has 0 amide bonds. The number of carbonyl (C=O) groups is 1. The lowest BCUT2D eigenvalue weighted by molar-refractivity contribution is -0.131. The van der Waals surface area contributed by atoms with Crippen molar-refractivity contribution in [2.45, 2.75) is 6.92 Å². The van der Waals surface area contributed by atoms with Gasteiger partial charge in [0, 0.05) is 24.4 Å². The van der Waals surface area contributed by atoms with Crippen LogP contribution in [0.1, 0.15) is 6.92 Å². The third kappa shape index (κ3) is 2.81. The van der Waals surface area contributed by atoms with Crippen LogP contribution in [0.2, 0.25) is 0 Å². The Morgan fingerprint density at radius 3 is 2.57 bits per heavy atom. The first-order chi connectivity index (χ1) is 11.1. The molecule has 5 nitrogen and oxygen atoms in total. The van der Waals surface area contributed by atoms with Gasteiger partial charge < -0.3 is 9.47 Å². The van der Waals surface area contributed by atoms with Crippen LogP contribution in [-0.4, -0.2) is 17.6 Å². The fourth-order valence-corrected chi connectivity index (χ4v) is 2.51. The molecule has 3 rings (SSSR count). The molecule has 0 aliphatic rings. The van der Waals surface area contributed by atoms with Gasteiger partial charge in [0.15, 0.2) is 0 Å². The summed E-state index contributed by atoms with van der Waals surface area (Å²) in [7, 11) is 1.57. The number of benzene rings is 2. The molecule has 0 fully saturated rings. The van der Waals surface area contributed by atoms with Crippen molar-refractivity contribution in [1.29, 1.82) is 0 Å². The van der Waals surface area contributed by atoms with E-state index < -0.39 is 5.97 Å². The minimum Gasteiger partial charge on any atom is -0.497 e. The minimum absolute atomic E-state index is 0.261. The second-order valence-electron chi connectivity index (χ2n) is 4.99. The van der Waals surface area contributed by atoms with Crippen LogP contribution in [0.25, 0.3) is 16.6 Å². The maximum Gasteiger partial charge on any atom is 0.308 e. The molecule has 23 heavy (non-hydrogen) atoms. The van der Waals surface area contributed by atoms with E-state index in [2.05, 4.69) is 0 Å². The number of rotatable bonds is 3. The third-order valence-corrected chi connectivity index (χ3v) is 3.45. The van der Waals surface area contributed by atoms with Gasteiger partial charge in [-0.3, -0.25) is 14.2 Å². The first kappa shape index (κ1) is 14.8. The van der Waals surface area contributed by atoms with Crippen molar-refractivity contribution in [3.05, 3.63) is 65.0 Å². The average Bonchev–Trinajstić information content (AvgIpc) is 2.54. The molecule has 3 aromatic rings. The van der Waals surface area contributed by atoms with Gasteiger partial charge in [-0.15, -0.1) is 0 Å². The van der Waals surface area contributed by atoms with Gasteiger partial charge in [-0.1, -0.05) is 18.2 Å². The van der Waals surface area contributed by atoms with Crippen LogP contribution in [-0.2, 0) is 4.79 Å². The molecule has 0 saturated heterocycles. The highest BCUT2D eigenvalue weighted by atomic mass is 16.5. The van der Waals surface area contributed by atoms with Crippen molar-refractivity contribution in [2.75, 3.05) is 7.11 Å². The van der Waals surface area contributed by atoms with Gasteiger partial charge in [0.05, 0.1) is 18.3 Å². The van der Waals surface area contributed by atoms with Crippen LogP contribution < -0.4 is 15.0 Å². The predicted octanol–water partition coefficient (Wildman–Crippen LogP) is 2.92. The number of ether oxygens (including phenoxy) is 2. The number of nitrogens with zero attached hydrogens (tertiary/aromatic N) is 1. The summed E-state index contributed by atoms with van der Waals surface area (Å²) >= 11 is 0. The quantitative estimate of drug-likeness (QED) is 0.698. The molecule has 116 valence electrons. The van der Waals surface area contributed by atoms with Crippen LogP contribution in [0.3, 0.4) is 0 Å². The summed E-state index contributed by atoms with van der Waals surface area (Å²) in [4.78, 5) is 23.8. The summed E-state index contributed by atoms with van der Waals surface area (Å²) in [6.07, 6.45) is 0. The van der Waals surface area contributed by atoms with Gasteiger partial charge in [0.1, 0.15) is 11.5 Å². The molecular weight excluding hydrogens is 294 g/mol. The van der Waals surface area contributed by atoms with E-state index in [0.717, 1.165) is 0 Å². The molecule has 0 saturated carbocycles. The first-order valence-corrected chi connectivity index (χ1v) is 7.08. The number of para-hydroxylation sites is 1. The molecule has 2 aromatic carbocycles. The maximum absolute atomic E-state index is 12.6. The van der Waals surface area contributed by atoms with E-state index in [1.54, 1.807) is 17.7 Å². The normalized spacial score (nSPS) is 10.5. The average molecular weight is 309 g/mol. The number of carbonyl (C=O) groups excluding carboxylic acids is 1. The van der Waals surface area contributed by atoms with Crippen molar-refractivity contribution in [3.63, 3.8) is 0 Å². The number of fused-ring (bicyclic) bond motifs is 1. The molecule has 0 bridgehead atoms. The topological polar surface area (TPSA) is 57.5 Å². The fourth-order valence-electron chi connectivity index (χ4n) is 2.51. The maximum atomic E-state index is 12.6. The molecule has 0 unspecified atom stereocenters. The van der Waals surface area contributed by atoms with E-state index in [4.69, 9.17) is 9.47 Å². The standard InChI is InChI=1S/C18H15NO4/c1-12(20)23-17-11-18(21)19(16-9-4-3-8-15(16)17)13-6-5-7-14(10-13)22-2/h3-11H,1-2H3. The van der Waals surface area contributed by atoms with Gasteiger partial charge in [-0.25, -0.2) is 0 Å². The van der Waals surface area contributed by atoms with Gasteiger partial charge in [0.2, 0.25) is 0 Å². The van der Waals surface area contributed by atoms with E-state index in [1.807, 2.05) is 42.5 Å². The van der Waals surface area contributed by atoms with Crippen LogP contribution in [0, 0.1) is 0 Å². The molecule has 0 radical (unpaired) electrons. The Bertz CT molecular complexity index is 943. The Morgan fingerprint density at radius 2 is 1.83 bits per heavy atom. The molecule has 1 aromatic heterocycles. The number of methoxy groups -OCH3 is 1.